The van der Waals surface area contributed by atoms with Crippen LogP contribution in [0.1, 0.15) is 60.4 Å². The Kier molecular flexibility index (Phi) is 9.74. The fraction of sp³-hybridized carbons (Fsp3) is 0.220. The number of fused-ring (bicyclic) bond motifs is 3. The first kappa shape index (κ1) is 32.1. The molecule has 47 heavy (non-hydrogen) atoms. The largest absolute Gasteiger partial charge is 0.449 e. The van der Waals surface area contributed by atoms with Gasteiger partial charge in [-0.25, -0.2) is 4.79 Å². The number of alkyl carbamates (subject to hydrolysis) is 1. The molecular formula is C41H38ClNO4. The lowest BCUT2D eigenvalue weighted by atomic mass is 9.80. The molecule has 0 heterocycles. The zero-order chi connectivity index (χ0) is 32.8. The third-order valence-corrected chi connectivity index (χ3v) is 9.04. The summed E-state index contributed by atoms with van der Waals surface area (Å²) in [5.74, 6) is -0.324. The molecule has 238 valence electrons. The van der Waals surface area contributed by atoms with E-state index in [1.54, 1.807) is 6.07 Å². The number of rotatable bonds is 11. The summed E-state index contributed by atoms with van der Waals surface area (Å²) in [4.78, 5) is 27.3. The molecule has 1 atom stereocenters. The lowest BCUT2D eigenvalue weighted by Crippen LogP contribution is -2.41. The van der Waals surface area contributed by atoms with Crippen molar-refractivity contribution in [2.24, 2.45) is 5.92 Å². The minimum atomic E-state index is -1.32. The van der Waals surface area contributed by atoms with Crippen LogP contribution in [0.25, 0.3) is 11.1 Å². The number of halogens is 1. The molecule has 0 aliphatic heterocycles. The van der Waals surface area contributed by atoms with Crippen molar-refractivity contribution in [3.8, 4) is 11.1 Å². The van der Waals surface area contributed by atoms with Crippen molar-refractivity contribution in [3.63, 3.8) is 0 Å². The molecule has 5 nitrogen and oxygen atoms in total. The van der Waals surface area contributed by atoms with Gasteiger partial charge in [-0.2, -0.15) is 0 Å². The number of carbonyl (C=O) groups excluding carboxylic acids is 2. The normalized spacial score (nSPS) is 13.0. The van der Waals surface area contributed by atoms with E-state index in [1.807, 2.05) is 103 Å². The van der Waals surface area contributed by atoms with Crippen LogP contribution in [0.4, 0.5) is 4.79 Å². The Morgan fingerprint density at radius 1 is 0.723 bits per heavy atom. The monoisotopic (exact) mass is 643 g/mol. The van der Waals surface area contributed by atoms with Crippen LogP contribution >= 0.6 is 11.6 Å². The highest BCUT2D eigenvalue weighted by molar-refractivity contribution is 6.31. The first-order valence-electron chi connectivity index (χ1n) is 16.1. The van der Waals surface area contributed by atoms with Gasteiger partial charge in [-0.15, -0.1) is 0 Å². The van der Waals surface area contributed by atoms with Crippen molar-refractivity contribution in [1.29, 1.82) is 0 Å². The van der Waals surface area contributed by atoms with E-state index in [4.69, 9.17) is 21.1 Å². The predicted molar refractivity (Wildman–Crippen MR) is 186 cm³/mol. The number of benzene rings is 5. The van der Waals surface area contributed by atoms with Crippen molar-refractivity contribution < 1.29 is 19.1 Å². The molecule has 0 radical (unpaired) electrons. The molecule has 1 unspecified atom stereocenters. The standard InChI is InChI=1S/C41H38ClNO4/c1-28(2)25-31(43-40(45)46-27-36-34-21-11-9-19-32(34)33-20-10-12-22-35(33)36)26-39(44)47-41(29-15-5-3-6-16-29,30-17-7-4-8-18-30)37-23-13-14-24-38(37)42/h3-24,28,31,36H,25-27H2,1-2H3,(H,43,45). The number of hydrogen-bond donors (Lipinski definition) is 1. The SMILES string of the molecule is CC(C)CC(CC(=O)OC(c1ccccc1)(c1ccccc1)c1ccccc1Cl)NC(=O)OCC1c2ccccc2-c2ccccc21. The molecule has 0 aromatic heterocycles. The van der Waals surface area contributed by atoms with Gasteiger partial charge in [-0.3, -0.25) is 4.79 Å². The molecule has 0 fully saturated rings. The van der Waals surface area contributed by atoms with Gasteiger partial charge in [0, 0.05) is 33.7 Å². The number of ether oxygens (including phenoxy) is 2. The van der Waals surface area contributed by atoms with Gasteiger partial charge >= 0.3 is 12.1 Å². The van der Waals surface area contributed by atoms with E-state index >= 15 is 0 Å². The number of carbonyl (C=O) groups is 2. The predicted octanol–water partition coefficient (Wildman–Crippen LogP) is 9.52. The van der Waals surface area contributed by atoms with E-state index in [0.717, 1.165) is 33.4 Å². The van der Waals surface area contributed by atoms with Gasteiger partial charge in [0.1, 0.15) is 6.61 Å². The number of hydrogen-bond acceptors (Lipinski definition) is 4. The summed E-state index contributed by atoms with van der Waals surface area (Å²) in [5.41, 5.74) is 5.47. The Balaban J connectivity index is 1.23. The van der Waals surface area contributed by atoms with E-state index in [2.05, 4.69) is 43.4 Å². The molecule has 1 aliphatic rings. The van der Waals surface area contributed by atoms with E-state index in [9.17, 15) is 9.59 Å². The Hall–Kier alpha value is -4.87. The molecular weight excluding hydrogens is 606 g/mol. The summed E-state index contributed by atoms with van der Waals surface area (Å²) in [6.45, 7) is 4.30. The second-order valence-electron chi connectivity index (χ2n) is 12.4. The number of nitrogens with one attached hydrogen (secondary N) is 1. The van der Waals surface area contributed by atoms with Crippen LogP contribution in [0.5, 0.6) is 0 Å². The second kappa shape index (κ2) is 14.3. The molecule has 0 saturated carbocycles. The van der Waals surface area contributed by atoms with Gasteiger partial charge < -0.3 is 14.8 Å². The van der Waals surface area contributed by atoms with Crippen molar-refractivity contribution in [1.82, 2.24) is 5.32 Å². The molecule has 1 amide bonds. The summed E-state index contributed by atoms with van der Waals surface area (Å²) in [5, 5.41) is 3.46. The lowest BCUT2D eigenvalue weighted by Gasteiger charge is -2.36. The van der Waals surface area contributed by atoms with Crippen LogP contribution in [-0.4, -0.2) is 24.7 Å². The molecule has 6 heteroatoms. The van der Waals surface area contributed by atoms with Gasteiger partial charge in [0.25, 0.3) is 0 Å². The fourth-order valence-corrected chi connectivity index (χ4v) is 6.99. The smallest absolute Gasteiger partial charge is 0.407 e. The van der Waals surface area contributed by atoms with E-state index in [1.165, 1.54) is 0 Å². The van der Waals surface area contributed by atoms with Crippen molar-refractivity contribution in [3.05, 3.63) is 166 Å². The second-order valence-corrected chi connectivity index (χ2v) is 12.8. The summed E-state index contributed by atoms with van der Waals surface area (Å²) in [6.07, 6.45) is -0.0441. The topological polar surface area (TPSA) is 64.6 Å². The van der Waals surface area contributed by atoms with Gasteiger partial charge in [-0.05, 0) is 40.7 Å². The van der Waals surface area contributed by atoms with Crippen LogP contribution in [0.3, 0.4) is 0 Å². The summed E-state index contributed by atoms with van der Waals surface area (Å²) in [6, 6.07) is 42.6. The highest BCUT2D eigenvalue weighted by Gasteiger charge is 2.42. The number of esters is 1. The van der Waals surface area contributed by atoms with E-state index in [0.29, 0.717) is 17.0 Å². The molecule has 0 bridgehead atoms. The summed E-state index contributed by atoms with van der Waals surface area (Å²) >= 11 is 6.82. The Morgan fingerprint density at radius 2 is 1.23 bits per heavy atom. The minimum absolute atomic E-state index is 0.0474. The average Bonchev–Trinajstić information content (AvgIpc) is 3.40. The number of amides is 1. The summed E-state index contributed by atoms with van der Waals surface area (Å²) < 4.78 is 12.4. The third kappa shape index (κ3) is 6.81. The maximum absolute atomic E-state index is 14.0. The molecule has 0 saturated heterocycles. The average molecular weight is 644 g/mol. The molecule has 6 rings (SSSR count). The molecule has 1 N–H and O–H groups in total. The van der Waals surface area contributed by atoms with Crippen LogP contribution in [0.2, 0.25) is 5.02 Å². The maximum Gasteiger partial charge on any atom is 0.407 e. The van der Waals surface area contributed by atoms with Gasteiger partial charge in [0.05, 0.1) is 6.42 Å². The quantitative estimate of drug-likeness (QED) is 0.115. The van der Waals surface area contributed by atoms with E-state index < -0.39 is 23.7 Å². The highest BCUT2D eigenvalue weighted by atomic mass is 35.5. The van der Waals surface area contributed by atoms with Crippen LogP contribution in [-0.2, 0) is 19.9 Å². The minimum Gasteiger partial charge on any atom is -0.449 e. The van der Waals surface area contributed by atoms with Crippen molar-refractivity contribution in [2.75, 3.05) is 6.61 Å². The Bertz CT molecular complexity index is 1750. The van der Waals surface area contributed by atoms with Crippen molar-refractivity contribution in [2.45, 2.75) is 44.2 Å². The van der Waals surface area contributed by atoms with E-state index in [-0.39, 0.29) is 24.9 Å². The van der Waals surface area contributed by atoms with Crippen LogP contribution in [0, 0.1) is 5.92 Å². The zero-order valence-corrected chi connectivity index (χ0v) is 27.3. The Labute approximate surface area is 281 Å². The first-order chi connectivity index (χ1) is 22.9. The Morgan fingerprint density at radius 3 is 1.79 bits per heavy atom. The molecule has 0 spiro atoms. The highest BCUT2D eigenvalue weighted by Crippen LogP contribution is 2.45. The van der Waals surface area contributed by atoms with Crippen LogP contribution in [0.15, 0.2) is 133 Å². The van der Waals surface area contributed by atoms with Crippen LogP contribution < -0.4 is 5.32 Å². The lowest BCUT2D eigenvalue weighted by molar-refractivity contribution is -0.154. The van der Waals surface area contributed by atoms with Gasteiger partial charge in [-0.1, -0.05) is 153 Å². The summed E-state index contributed by atoms with van der Waals surface area (Å²) in [7, 11) is 0. The van der Waals surface area contributed by atoms with Crippen molar-refractivity contribution >= 4 is 23.7 Å². The molecule has 5 aromatic rings. The zero-order valence-electron chi connectivity index (χ0n) is 26.6. The van der Waals surface area contributed by atoms with Gasteiger partial charge in [0.2, 0.25) is 0 Å². The molecule has 1 aliphatic carbocycles. The first-order valence-corrected chi connectivity index (χ1v) is 16.4. The fourth-order valence-electron chi connectivity index (χ4n) is 6.73. The van der Waals surface area contributed by atoms with Gasteiger partial charge in [0.15, 0.2) is 5.60 Å². The molecule has 5 aromatic carbocycles. The maximum atomic E-state index is 14.0. The third-order valence-electron chi connectivity index (χ3n) is 8.72.